The highest BCUT2D eigenvalue weighted by molar-refractivity contribution is 5.71. The van der Waals surface area contributed by atoms with Gasteiger partial charge >= 0.3 is 17.9 Å². The van der Waals surface area contributed by atoms with E-state index in [4.69, 9.17) is 14.2 Å². The van der Waals surface area contributed by atoms with Gasteiger partial charge in [-0.05, 0) is 77.0 Å². The van der Waals surface area contributed by atoms with Gasteiger partial charge in [-0.3, -0.25) is 14.4 Å². The van der Waals surface area contributed by atoms with Gasteiger partial charge in [-0.2, -0.15) is 0 Å². The number of carbonyl (C=O) groups is 3. The summed E-state index contributed by atoms with van der Waals surface area (Å²) in [6.07, 6.45) is 64.1. The molecule has 0 saturated carbocycles. The summed E-state index contributed by atoms with van der Waals surface area (Å²) in [6, 6.07) is 0. The first-order chi connectivity index (χ1) is 32.0. The Morgan fingerprint density at radius 1 is 0.308 bits per heavy atom. The van der Waals surface area contributed by atoms with E-state index in [0.29, 0.717) is 19.3 Å². The third-order valence-electron chi connectivity index (χ3n) is 12.6. The minimum atomic E-state index is -0.776. The van der Waals surface area contributed by atoms with Crippen molar-refractivity contribution >= 4 is 17.9 Å². The second kappa shape index (κ2) is 54.2. The number of unbranched alkanes of at least 4 members (excludes halogenated alkanes) is 35. The molecule has 0 aliphatic rings. The van der Waals surface area contributed by atoms with Crippen LogP contribution in [0.4, 0.5) is 0 Å². The van der Waals surface area contributed by atoms with Crippen molar-refractivity contribution in [2.45, 2.75) is 309 Å². The molecular formula is C59H108O6. The first kappa shape index (κ1) is 62.6. The molecule has 380 valence electrons. The van der Waals surface area contributed by atoms with E-state index in [1.165, 1.54) is 186 Å². The monoisotopic (exact) mass is 913 g/mol. The lowest BCUT2D eigenvalue weighted by Gasteiger charge is -2.18. The van der Waals surface area contributed by atoms with E-state index in [1.54, 1.807) is 0 Å². The summed E-state index contributed by atoms with van der Waals surface area (Å²) in [4.78, 5) is 38.1. The van der Waals surface area contributed by atoms with Crippen molar-refractivity contribution in [2.75, 3.05) is 13.2 Å². The number of carbonyl (C=O) groups excluding carboxylic acids is 3. The van der Waals surface area contributed by atoms with Crippen LogP contribution in [0.2, 0.25) is 0 Å². The van der Waals surface area contributed by atoms with Gasteiger partial charge in [0.25, 0.3) is 0 Å². The lowest BCUT2D eigenvalue weighted by Crippen LogP contribution is -2.30. The molecule has 0 aliphatic heterocycles. The number of ether oxygens (including phenoxy) is 3. The van der Waals surface area contributed by atoms with Crippen molar-refractivity contribution in [2.24, 2.45) is 0 Å². The molecule has 0 N–H and O–H groups in total. The molecule has 0 aromatic rings. The Balaban J connectivity index is 4.35. The summed E-state index contributed by atoms with van der Waals surface area (Å²) in [5, 5.41) is 0. The average Bonchev–Trinajstić information content (AvgIpc) is 3.30. The molecular weight excluding hydrogens is 805 g/mol. The molecule has 0 bridgehead atoms. The SMILES string of the molecule is CCCCC/C=C\C/C=C\CCCCCCCCCC(=O)O[C@H](COC(=O)CCCCCCC/C=C\CCCCCC)COC(=O)CCCCCCCCCCCCCCCCCCC. The van der Waals surface area contributed by atoms with Crippen LogP contribution < -0.4 is 0 Å². The second-order valence-corrected chi connectivity index (χ2v) is 19.2. The maximum Gasteiger partial charge on any atom is 0.306 e. The number of esters is 3. The van der Waals surface area contributed by atoms with Crippen LogP contribution in [0, 0.1) is 0 Å². The standard InChI is InChI=1S/C59H108O6/c1-4-7-10-13-16-19-22-25-27-29-31-34-37-40-43-46-49-52-58(61)64-55-56(54-63-57(60)51-48-45-42-39-36-33-24-21-18-15-12-9-6-3)65-59(62)53-50-47-44-41-38-35-32-30-28-26-23-20-17-14-11-8-5-2/h17,20-21,24,26,28,56H,4-16,18-19,22-23,25,27,29-55H2,1-3H3/b20-17-,24-21-,28-26-/t56-/m1/s1. The van der Waals surface area contributed by atoms with Crippen LogP contribution >= 0.6 is 0 Å². The normalized spacial score (nSPS) is 12.2. The number of allylic oxidation sites excluding steroid dienone is 6. The zero-order chi connectivity index (χ0) is 47.2. The van der Waals surface area contributed by atoms with E-state index < -0.39 is 6.10 Å². The number of hydrogen-bond acceptors (Lipinski definition) is 6. The fraction of sp³-hybridized carbons (Fsp3) is 0.847. The summed E-state index contributed by atoms with van der Waals surface area (Å²) in [6.45, 7) is 6.62. The van der Waals surface area contributed by atoms with E-state index in [0.717, 1.165) is 77.0 Å². The Morgan fingerprint density at radius 2 is 0.554 bits per heavy atom. The van der Waals surface area contributed by atoms with Crippen molar-refractivity contribution in [3.63, 3.8) is 0 Å². The summed E-state index contributed by atoms with van der Waals surface area (Å²) < 4.78 is 16.9. The molecule has 0 rings (SSSR count). The van der Waals surface area contributed by atoms with E-state index in [-0.39, 0.29) is 31.1 Å². The van der Waals surface area contributed by atoms with Crippen molar-refractivity contribution in [1.82, 2.24) is 0 Å². The van der Waals surface area contributed by atoms with Gasteiger partial charge < -0.3 is 14.2 Å². The molecule has 0 aliphatic carbocycles. The van der Waals surface area contributed by atoms with Gasteiger partial charge in [0.2, 0.25) is 0 Å². The predicted molar refractivity (Wildman–Crippen MR) is 279 cm³/mol. The van der Waals surface area contributed by atoms with Gasteiger partial charge in [-0.25, -0.2) is 0 Å². The Hall–Kier alpha value is -2.37. The van der Waals surface area contributed by atoms with Gasteiger partial charge in [0, 0.05) is 19.3 Å². The Kier molecular flexibility index (Phi) is 52.3. The van der Waals surface area contributed by atoms with Crippen molar-refractivity contribution < 1.29 is 28.6 Å². The van der Waals surface area contributed by atoms with Crippen molar-refractivity contribution in [3.05, 3.63) is 36.5 Å². The quantitative estimate of drug-likeness (QED) is 0.0262. The fourth-order valence-electron chi connectivity index (χ4n) is 8.29. The highest BCUT2D eigenvalue weighted by Gasteiger charge is 2.19. The molecule has 1 atom stereocenters. The molecule has 0 radical (unpaired) electrons. The van der Waals surface area contributed by atoms with Crippen LogP contribution in [0.1, 0.15) is 303 Å². The van der Waals surface area contributed by atoms with Crippen LogP contribution in [-0.4, -0.2) is 37.2 Å². The molecule has 65 heavy (non-hydrogen) atoms. The molecule has 0 heterocycles. The van der Waals surface area contributed by atoms with Crippen LogP contribution in [0.25, 0.3) is 0 Å². The highest BCUT2D eigenvalue weighted by atomic mass is 16.6. The van der Waals surface area contributed by atoms with Crippen molar-refractivity contribution in [3.8, 4) is 0 Å². The van der Waals surface area contributed by atoms with Crippen LogP contribution in [0.15, 0.2) is 36.5 Å². The minimum absolute atomic E-state index is 0.0745. The van der Waals surface area contributed by atoms with Gasteiger partial charge in [-0.1, -0.05) is 243 Å². The maximum absolute atomic E-state index is 12.8. The van der Waals surface area contributed by atoms with E-state index in [1.807, 2.05) is 0 Å². The van der Waals surface area contributed by atoms with Crippen LogP contribution in [0.5, 0.6) is 0 Å². The van der Waals surface area contributed by atoms with E-state index in [2.05, 4.69) is 57.2 Å². The average molecular weight is 914 g/mol. The van der Waals surface area contributed by atoms with Gasteiger partial charge in [0.15, 0.2) is 6.10 Å². The Bertz CT molecular complexity index is 1090. The summed E-state index contributed by atoms with van der Waals surface area (Å²) >= 11 is 0. The minimum Gasteiger partial charge on any atom is -0.462 e. The third kappa shape index (κ3) is 52.5. The number of hydrogen-bond donors (Lipinski definition) is 0. The van der Waals surface area contributed by atoms with Crippen LogP contribution in [0.3, 0.4) is 0 Å². The summed E-state index contributed by atoms with van der Waals surface area (Å²) in [5.74, 6) is -0.875. The fourth-order valence-corrected chi connectivity index (χ4v) is 8.29. The Morgan fingerprint density at radius 3 is 0.908 bits per heavy atom. The van der Waals surface area contributed by atoms with E-state index >= 15 is 0 Å². The zero-order valence-corrected chi connectivity index (χ0v) is 43.5. The van der Waals surface area contributed by atoms with Crippen molar-refractivity contribution in [1.29, 1.82) is 0 Å². The molecule has 0 spiro atoms. The molecule has 0 fully saturated rings. The first-order valence-corrected chi connectivity index (χ1v) is 28.5. The smallest absolute Gasteiger partial charge is 0.306 e. The van der Waals surface area contributed by atoms with E-state index in [9.17, 15) is 14.4 Å². The predicted octanol–water partition coefficient (Wildman–Crippen LogP) is 18.9. The second-order valence-electron chi connectivity index (χ2n) is 19.2. The molecule has 0 unspecified atom stereocenters. The van der Waals surface area contributed by atoms with Gasteiger partial charge in [0.05, 0.1) is 0 Å². The first-order valence-electron chi connectivity index (χ1n) is 28.5. The lowest BCUT2D eigenvalue weighted by molar-refractivity contribution is -0.167. The maximum atomic E-state index is 12.8. The molecule has 0 aromatic heterocycles. The molecule has 0 amide bonds. The largest absolute Gasteiger partial charge is 0.462 e. The Labute approximate surface area is 404 Å². The molecule has 6 nitrogen and oxygen atoms in total. The summed E-state index contributed by atoms with van der Waals surface area (Å²) in [7, 11) is 0. The molecule has 0 saturated heterocycles. The lowest BCUT2D eigenvalue weighted by atomic mass is 10.0. The number of rotatable bonds is 52. The third-order valence-corrected chi connectivity index (χ3v) is 12.6. The highest BCUT2D eigenvalue weighted by Crippen LogP contribution is 2.16. The molecule has 6 heteroatoms. The zero-order valence-electron chi connectivity index (χ0n) is 43.5. The topological polar surface area (TPSA) is 78.9 Å². The molecule has 0 aromatic carbocycles. The van der Waals surface area contributed by atoms with Gasteiger partial charge in [0.1, 0.15) is 13.2 Å². The van der Waals surface area contributed by atoms with Crippen LogP contribution in [-0.2, 0) is 28.6 Å². The summed E-state index contributed by atoms with van der Waals surface area (Å²) in [5.41, 5.74) is 0. The van der Waals surface area contributed by atoms with Gasteiger partial charge in [-0.15, -0.1) is 0 Å².